The SMILES string of the molecule is CCC1NCN(CCN(C)C)C1=O. The molecule has 0 bridgehead atoms. The zero-order valence-electron chi connectivity index (χ0n) is 8.71. The molecule has 0 radical (unpaired) electrons. The smallest absolute Gasteiger partial charge is 0.240 e. The first-order valence-electron chi connectivity index (χ1n) is 4.82. The van der Waals surface area contributed by atoms with Crippen LogP contribution in [-0.2, 0) is 4.79 Å². The van der Waals surface area contributed by atoms with Crippen LogP contribution in [0.15, 0.2) is 0 Å². The van der Waals surface area contributed by atoms with Crippen LogP contribution in [0.25, 0.3) is 0 Å². The summed E-state index contributed by atoms with van der Waals surface area (Å²) >= 11 is 0. The molecule has 0 aromatic rings. The van der Waals surface area contributed by atoms with Gasteiger partial charge < -0.3 is 9.80 Å². The van der Waals surface area contributed by atoms with Crippen molar-refractivity contribution in [2.24, 2.45) is 0 Å². The average Bonchev–Trinajstić information content (AvgIpc) is 2.43. The number of carbonyl (C=O) groups is 1. The number of hydrogen-bond acceptors (Lipinski definition) is 3. The molecule has 1 rings (SSSR count). The minimum atomic E-state index is 0.0576. The van der Waals surface area contributed by atoms with Crippen LogP contribution in [0.2, 0.25) is 0 Å². The molecule has 4 heteroatoms. The van der Waals surface area contributed by atoms with E-state index in [0.29, 0.717) is 6.67 Å². The van der Waals surface area contributed by atoms with Crippen molar-refractivity contribution in [3.63, 3.8) is 0 Å². The summed E-state index contributed by atoms with van der Waals surface area (Å²) in [7, 11) is 4.04. The van der Waals surface area contributed by atoms with E-state index in [1.807, 2.05) is 25.9 Å². The van der Waals surface area contributed by atoms with E-state index in [1.165, 1.54) is 0 Å². The number of nitrogens with zero attached hydrogens (tertiary/aromatic N) is 2. The van der Waals surface area contributed by atoms with Crippen LogP contribution in [0.1, 0.15) is 13.3 Å². The van der Waals surface area contributed by atoms with Gasteiger partial charge in [0.25, 0.3) is 0 Å². The predicted octanol–water partition coefficient (Wildman–Crippen LogP) is -0.284. The van der Waals surface area contributed by atoms with Crippen LogP contribution in [0.5, 0.6) is 0 Å². The van der Waals surface area contributed by atoms with Gasteiger partial charge in [-0.1, -0.05) is 6.92 Å². The third kappa shape index (κ3) is 2.67. The largest absolute Gasteiger partial charge is 0.327 e. The van der Waals surface area contributed by atoms with E-state index >= 15 is 0 Å². The van der Waals surface area contributed by atoms with Gasteiger partial charge in [0.2, 0.25) is 5.91 Å². The van der Waals surface area contributed by atoms with Crippen molar-refractivity contribution in [3.8, 4) is 0 Å². The summed E-state index contributed by atoms with van der Waals surface area (Å²) in [6.07, 6.45) is 0.886. The van der Waals surface area contributed by atoms with Gasteiger partial charge in [0, 0.05) is 13.1 Å². The molecular weight excluding hydrogens is 166 g/mol. The van der Waals surface area contributed by atoms with Crippen molar-refractivity contribution in [2.75, 3.05) is 33.9 Å². The number of likely N-dealkylation sites (N-methyl/N-ethyl adjacent to an activating group) is 1. The van der Waals surface area contributed by atoms with Crippen LogP contribution in [0.3, 0.4) is 0 Å². The lowest BCUT2D eigenvalue weighted by Crippen LogP contribution is -2.35. The maximum Gasteiger partial charge on any atom is 0.240 e. The summed E-state index contributed by atoms with van der Waals surface area (Å²) in [6, 6.07) is 0.0576. The molecule has 1 saturated heterocycles. The molecule has 1 amide bonds. The molecule has 0 aromatic heterocycles. The van der Waals surface area contributed by atoms with Gasteiger partial charge in [0.05, 0.1) is 12.7 Å². The summed E-state index contributed by atoms with van der Waals surface area (Å²) in [5.41, 5.74) is 0. The third-order valence-corrected chi connectivity index (χ3v) is 2.36. The second-order valence-corrected chi connectivity index (χ2v) is 3.73. The molecule has 1 heterocycles. The van der Waals surface area contributed by atoms with Crippen LogP contribution in [0, 0.1) is 0 Å². The second-order valence-electron chi connectivity index (χ2n) is 3.73. The summed E-state index contributed by atoms with van der Waals surface area (Å²) in [6.45, 7) is 4.51. The van der Waals surface area contributed by atoms with E-state index in [0.717, 1.165) is 19.5 Å². The van der Waals surface area contributed by atoms with Crippen LogP contribution in [0.4, 0.5) is 0 Å². The molecule has 0 aromatic carbocycles. The Hall–Kier alpha value is -0.610. The Morgan fingerprint density at radius 1 is 1.62 bits per heavy atom. The number of hydrogen-bond donors (Lipinski definition) is 1. The Labute approximate surface area is 79.9 Å². The lowest BCUT2D eigenvalue weighted by atomic mass is 10.2. The lowest BCUT2D eigenvalue weighted by molar-refractivity contribution is -0.129. The molecule has 0 saturated carbocycles. The van der Waals surface area contributed by atoms with Crippen molar-refractivity contribution in [1.29, 1.82) is 0 Å². The van der Waals surface area contributed by atoms with Crippen molar-refractivity contribution in [3.05, 3.63) is 0 Å². The minimum Gasteiger partial charge on any atom is -0.327 e. The Kier molecular flexibility index (Phi) is 3.69. The third-order valence-electron chi connectivity index (χ3n) is 2.36. The first kappa shape index (κ1) is 10.5. The molecule has 1 aliphatic heterocycles. The normalized spacial score (nSPS) is 23.2. The Morgan fingerprint density at radius 3 is 2.77 bits per heavy atom. The second kappa shape index (κ2) is 4.58. The van der Waals surface area contributed by atoms with Crippen molar-refractivity contribution in [1.82, 2.24) is 15.1 Å². The van der Waals surface area contributed by atoms with Crippen LogP contribution < -0.4 is 5.32 Å². The topological polar surface area (TPSA) is 35.6 Å². The van der Waals surface area contributed by atoms with Gasteiger partial charge in [-0.3, -0.25) is 10.1 Å². The summed E-state index contributed by atoms with van der Waals surface area (Å²) in [5.74, 6) is 0.254. The van der Waals surface area contributed by atoms with Gasteiger partial charge in [-0.2, -0.15) is 0 Å². The van der Waals surface area contributed by atoms with Crippen LogP contribution in [-0.4, -0.2) is 55.6 Å². The minimum absolute atomic E-state index is 0.0576. The number of nitrogens with one attached hydrogen (secondary N) is 1. The zero-order chi connectivity index (χ0) is 9.84. The maximum absolute atomic E-state index is 11.6. The lowest BCUT2D eigenvalue weighted by Gasteiger charge is -2.17. The zero-order valence-corrected chi connectivity index (χ0v) is 8.71. The Bertz CT molecular complexity index is 182. The number of carbonyl (C=O) groups excluding carboxylic acids is 1. The van der Waals surface area contributed by atoms with Crippen molar-refractivity contribution in [2.45, 2.75) is 19.4 Å². The van der Waals surface area contributed by atoms with E-state index in [1.54, 1.807) is 0 Å². The first-order valence-corrected chi connectivity index (χ1v) is 4.82. The van der Waals surface area contributed by atoms with E-state index in [-0.39, 0.29) is 11.9 Å². The van der Waals surface area contributed by atoms with Gasteiger partial charge >= 0.3 is 0 Å². The van der Waals surface area contributed by atoms with Gasteiger partial charge in [0.15, 0.2) is 0 Å². The van der Waals surface area contributed by atoms with E-state index < -0.39 is 0 Å². The monoisotopic (exact) mass is 185 g/mol. The highest BCUT2D eigenvalue weighted by atomic mass is 16.2. The molecular formula is C9H19N3O. The van der Waals surface area contributed by atoms with Gasteiger partial charge in [-0.25, -0.2) is 0 Å². The molecule has 1 atom stereocenters. The van der Waals surface area contributed by atoms with Gasteiger partial charge in [-0.15, -0.1) is 0 Å². The summed E-state index contributed by atoms with van der Waals surface area (Å²) < 4.78 is 0. The highest BCUT2D eigenvalue weighted by Gasteiger charge is 2.28. The summed E-state index contributed by atoms with van der Waals surface area (Å²) in [4.78, 5) is 15.6. The first-order chi connectivity index (χ1) is 6.15. The van der Waals surface area contributed by atoms with E-state index in [2.05, 4.69) is 10.2 Å². The van der Waals surface area contributed by atoms with E-state index in [4.69, 9.17) is 0 Å². The number of rotatable bonds is 4. The molecule has 1 N–H and O–H groups in total. The maximum atomic E-state index is 11.6. The average molecular weight is 185 g/mol. The highest BCUT2D eigenvalue weighted by molar-refractivity contribution is 5.83. The fraction of sp³-hybridized carbons (Fsp3) is 0.889. The fourth-order valence-electron chi connectivity index (χ4n) is 1.43. The molecule has 0 aliphatic carbocycles. The van der Waals surface area contributed by atoms with Gasteiger partial charge in [-0.05, 0) is 20.5 Å². The highest BCUT2D eigenvalue weighted by Crippen LogP contribution is 2.05. The molecule has 1 aliphatic rings. The molecule has 76 valence electrons. The number of amides is 1. The quantitative estimate of drug-likeness (QED) is 0.654. The van der Waals surface area contributed by atoms with Crippen molar-refractivity contribution >= 4 is 5.91 Å². The van der Waals surface area contributed by atoms with Crippen LogP contribution >= 0.6 is 0 Å². The Balaban J connectivity index is 2.33. The molecule has 13 heavy (non-hydrogen) atoms. The molecule has 1 unspecified atom stereocenters. The van der Waals surface area contributed by atoms with Gasteiger partial charge in [0.1, 0.15) is 0 Å². The molecule has 1 fully saturated rings. The molecule has 4 nitrogen and oxygen atoms in total. The van der Waals surface area contributed by atoms with Crippen molar-refractivity contribution < 1.29 is 4.79 Å². The fourth-order valence-corrected chi connectivity index (χ4v) is 1.43. The molecule has 0 spiro atoms. The predicted molar refractivity (Wildman–Crippen MR) is 52.3 cm³/mol. The summed E-state index contributed by atoms with van der Waals surface area (Å²) in [5, 5.41) is 3.19. The Morgan fingerprint density at radius 2 is 2.31 bits per heavy atom. The standard InChI is InChI=1S/C9H19N3O/c1-4-8-9(13)12(7-10-8)6-5-11(2)3/h8,10H,4-7H2,1-3H3. The van der Waals surface area contributed by atoms with E-state index in [9.17, 15) is 4.79 Å².